The van der Waals surface area contributed by atoms with Crippen LogP contribution in [0.1, 0.15) is 58.1 Å². The van der Waals surface area contributed by atoms with Crippen LogP contribution >= 0.6 is 0 Å². The van der Waals surface area contributed by atoms with Gasteiger partial charge in [-0.05, 0) is 56.9 Å². The number of alkyl carbamates (subject to hydrolysis) is 1. The van der Waals surface area contributed by atoms with Gasteiger partial charge in [0.05, 0.1) is 5.41 Å². The van der Waals surface area contributed by atoms with Crippen LogP contribution in [-0.2, 0) is 14.3 Å². The zero-order chi connectivity index (χ0) is 24.4. The van der Waals surface area contributed by atoms with E-state index in [2.05, 4.69) is 34.9 Å². The fourth-order valence-electron chi connectivity index (χ4n) is 3.99. The molecule has 1 atom stereocenters. The van der Waals surface area contributed by atoms with Gasteiger partial charge in [0.1, 0.15) is 6.61 Å². The maximum Gasteiger partial charge on any atom is 0.407 e. The molecule has 0 saturated heterocycles. The Labute approximate surface area is 194 Å². The summed E-state index contributed by atoms with van der Waals surface area (Å²) >= 11 is 0. The molecule has 1 aliphatic carbocycles. The van der Waals surface area contributed by atoms with Gasteiger partial charge in [0.25, 0.3) is 0 Å². The average molecular weight is 453 g/mol. The van der Waals surface area contributed by atoms with Crippen molar-refractivity contribution in [1.29, 1.82) is 0 Å². The topological polar surface area (TPSA) is 105 Å². The van der Waals surface area contributed by atoms with Crippen LogP contribution < -0.4 is 10.6 Å². The molecular weight excluding hydrogens is 420 g/mol. The van der Waals surface area contributed by atoms with E-state index in [1.165, 1.54) is 0 Å². The minimum atomic E-state index is -1.16. The maximum absolute atomic E-state index is 12.5. The number of carbonyl (C=O) groups excluding carboxylic acids is 2. The summed E-state index contributed by atoms with van der Waals surface area (Å²) in [4.78, 5) is 36.4. The molecule has 3 N–H and O–H groups in total. The predicted octanol–water partition coefficient (Wildman–Crippen LogP) is 4.31. The number of nitrogens with one attached hydrogen (secondary N) is 2. The number of rotatable bonds is 8. The van der Waals surface area contributed by atoms with Gasteiger partial charge < -0.3 is 20.5 Å². The lowest BCUT2D eigenvalue weighted by Crippen LogP contribution is -2.57. The van der Waals surface area contributed by atoms with E-state index in [1.807, 2.05) is 24.3 Å². The van der Waals surface area contributed by atoms with E-state index in [1.54, 1.807) is 34.6 Å². The quantitative estimate of drug-likeness (QED) is 0.554. The van der Waals surface area contributed by atoms with Gasteiger partial charge in [0.15, 0.2) is 0 Å². The third kappa shape index (κ3) is 5.02. The van der Waals surface area contributed by atoms with Crippen molar-refractivity contribution in [3.05, 3.63) is 59.7 Å². The fraction of sp³-hybridized carbons (Fsp3) is 0.423. The summed E-state index contributed by atoms with van der Waals surface area (Å²) in [6.07, 6.45) is -0.592. The maximum atomic E-state index is 12.5. The summed E-state index contributed by atoms with van der Waals surface area (Å²) in [6, 6.07) is 15.7. The van der Waals surface area contributed by atoms with E-state index in [0.29, 0.717) is 0 Å². The van der Waals surface area contributed by atoms with Crippen LogP contribution in [0.3, 0.4) is 0 Å². The largest absolute Gasteiger partial charge is 0.481 e. The van der Waals surface area contributed by atoms with Crippen molar-refractivity contribution >= 4 is 18.0 Å². The molecule has 0 aliphatic heterocycles. The number of carbonyl (C=O) groups is 3. The monoisotopic (exact) mass is 452 g/mol. The first kappa shape index (κ1) is 24.3. The van der Waals surface area contributed by atoms with Crippen molar-refractivity contribution in [2.75, 3.05) is 6.61 Å². The molecule has 1 aliphatic rings. The second kappa shape index (κ2) is 9.25. The van der Waals surface area contributed by atoms with Gasteiger partial charge in [-0.3, -0.25) is 9.59 Å². The number of hydrogen-bond acceptors (Lipinski definition) is 4. The lowest BCUT2D eigenvalue weighted by Gasteiger charge is -2.39. The number of amides is 2. The Kier molecular flexibility index (Phi) is 6.81. The summed E-state index contributed by atoms with van der Waals surface area (Å²) in [6.45, 7) is 8.36. The zero-order valence-electron chi connectivity index (χ0n) is 19.8. The van der Waals surface area contributed by atoms with Crippen LogP contribution in [-0.4, -0.2) is 41.3 Å². The van der Waals surface area contributed by atoms with E-state index < -0.39 is 29.1 Å². The van der Waals surface area contributed by atoms with Crippen LogP contribution in [0.4, 0.5) is 4.79 Å². The van der Waals surface area contributed by atoms with E-state index in [-0.39, 0.29) is 24.9 Å². The number of benzene rings is 2. The van der Waals surface area contributed by atoms with Gasteiger partial charge >= 0.3 is 12.1 Å². The van der Waals surface area contributed by atoms with Crippen molar-refractivity contribution in [1.82, 2.24) is 10.6 Å². The lowest BCUT2D eigenvalue weighted by atomic mass is 9.74. The van der Waals surface area contributed by atoms with Crippen molar-refractivity contribution in [3.63, 3.8) is 0 Å². The molecular formula is C26H32N2O5. The normalized spacial score (nSPS) is 14.1. The Bertz CT molecular complexity index is 1010. The molecule has 1 unspecified atom stereocenters. The molecule has 0 saturated carbocycles. The smallest absolute Gasteiger partial charge is 0.407 e. The molecule has 0 radical (unpaired) electrons. The molecule has 2 aromatic rings. The summed E-state index contributed by atoms with van der Waals surface area (Å²) in [5.41, 5.74) is 2.42. The molecule has 0 fully saturated rings. The number of carboxylic acids is 1. The first-order valence-corrected chi connectivity index (χ1v) is 11.1. The van der Waals surface area contributed by atoms with Gasteiger partial charge in [-0.25, -0.2) is 4.79 Å². The van der Waals surface area contributed by atoms with Crippen LogP contribution in [0.2, 0.25) is 0 Å². The SMILES string of the molecule is CC(CC(=O)NC(C)(C)C(C)(C)C(=O)O)NC(=O)OCC1c2ccccc2-c2ccccc21. The minimum absolute atomic E-state index is 0.00330. The molecule has 2 amide bonds. The Balaban J connectivity index is 1.54. The van der Waals surface area contributed by atoms with Gasteiger partial charge in [-0.1, -0.05) is 48.5 Å². The Morgan fingerprint density at radius 2 is 1.48 bits per heavy atom. The van der Waals surface area contributed by atoms with E-state index in [9.17, 15) is 19.5 Å². The summed E-state index contributed by atoms with van der Waals surface area (Å²) in [5, 5.41) is 14.9. The fourth-order valence-corrected chi connectivity index (χ4v) is 3.99. The van der Waals surface area contributed by atoms with E-state index in [4.69, 9.17) is 4.74 Å². The van der Waals surface area contributed by atoms with E-state index >= 15 is 0 Å². The Morgan fingerprint density at radius 1 is 0.970 bits per heavy atom. The van der Waals surface area contributed by atoms with Crippen LogP contribution in [0.25, 0.3) is 11.1 Å². The molecule has 0 bridgehead atoms. The first-order chi connectivity index (χ1) is 15.4. The van der Waals surface area contributed by atoms with Gasteiger partial charge in [-0.15, -0.1) is 0 Å². The van der Waals surface area contributed by atoms with Crippen molar-refractivity contribution < 1.29 is 24.2 Å². The molecule has 0 spiro atoms. The Hall–Kier alpha value is -3.35. The second-order valence-corrected chi connectivity index (χ2v) is 9.68. The number of fused-ring (bicyclic) bond motifs is 3. The van der Waals surface area contributed by atoms with Crippen molar-refractivity contribution in [2.45, 2.75) is 58.5 Å². The summed E-state index contributed by atoms with van der Waals surface area (Å²) in [5.74, 6) is -1.39. The minimum Gasteiger partial charge on any atom is -0.481 e. The molecule has 0 aromatic heterocycles. The van der Waals surface area contributed by atoms with Gasteiger partial charge in [-0.2, -0.15) is 0 Å². The number of hydrogen-bond donors (Lipinski definition) is 3. The predicted molar refractivity (Wildman–Crippen MR) is 126 cm³/mol. The van der Waals surface area contributed by atoms with E-state index in [0.717, 1.165) is 22.3 Å². The lowest BCUT2D eigenvalue weighted by molar-refractivity contribution is -0.151. The first-order valence-electron chi connectivity index (χ1n) is 11.1. The third-order valence-corrected chi connectivity index (χ3v) is 6.75. The van der Waals surface area contributed by atoms with Crippen molar-refractivity contribution in [2.24, 2.45) is 5.41 Å². The molecule has 2 aromatic carbocycles. The summed E-state index contributed by atoms with van der Waals surface area (Å²) in [7, 11) is 0. The second-order valence-electron chi connectivity index (χ2n) is 9.68. The van der Waals surface area contributed by atoms with Gasteiger partial charge in [0.2, 0.25) is 5.91 Å². The molecule has 33 heavy (non-hydrogen) atoms. The third-order valence-electron chi connectivity index (χ3n) is 6.75. The van der Waals surface area contributed by atoms with Crippen LogP contribution in [0, 0.1) is 5.41 Å². The van der Waals surface area contributed by atoms with Crippen LogP contribution in [0.5, 0.6) is 0 Å². The number of aliphatic carboxylic acids is 1. The molecule has 7 nitrogen and oxygen atoms in total. The highest BCUT2D eigenvalue weighted by molar-refractivity contribution is 5.82. The van der Waals surface area contributed by atoms with Gasteiger partial charge in [0, 0.05) is 23.9 Å². The number of carboxylic acid groups (broad SMARTS) is 1. The molecule has 0 heterocycles. The highest BCUT2D eigenvalue weighted by Crippen LogP contribution is 2.44. The highest BCUT2D eigenvalue weighted by atomic mass is 16.5. The molecule has 176 valence electrons. The molecule has 7 heteroatoms. The summed E-state index contributed by atoms with van der Waals surface area (Å²) < 4.78 is 5.52. The van der Waals surface area contributed by atoms with Crippen molar-refractivity contribution in [3.8, 4) is 11.1 Å². The number of ether oxygens (including phenoxy) is 1. The standard InChI is InChI=1S/C26H32N2O5/c1-16(14-22(29)28-26(4,5)25(2,3)23(30)31)27-24(32)33-15-21-19-12-8-6-10-17(19)18-11-7-9-13-20(18)21/h6-13,16,21H,14-15H2,1-5H3,(H,27,32)(H,28,29)(H,30,31). The highest BCUT2D eigenvalue weighted by Gasteiger charge is 2.44. The Morgan fingerprint density at radius 3 is 2.00 bits per heavy atom. The average Bonchev–Trinajstić information content (AvgIpc) is 3.05. The van der Waals surface area contributed by atoms with Crippen LogP contribution in [0.15, 0.2) is 48.5 Å². The zero-order valence-corrected chi connectivity index (χ0v) is 19.8. The molecule has 3 rings (SSSR count).